The summed E-state index contributed by atoms with van der Waals surface area (Å²) >= 11 is 0. The zero-order valence-electron chi connectivity index (χ0n) is 16.5. The van der Waals surface area contributed by atoms with E-state index in [0.717, 1.165) is 31.4 Å². The maximum absolute atomic E-state index is 11.5. The highest BCUT2D eigenvalue weighted by Gasteiger charge is 2.19. The molecular formula is C23H30O4. The minimum Gasteiger partial charge on any atom is -0.496 e. The molecule has 4 heteroatoms. The maximum atomic E-state index is 11.5. The molecule has 4 nitrogen and oxygen atoms in total. The molecule has 0 aliphatic heterocycles. The summed E-state index contributed by atoms with van der Waals surface area (Å²) in [5, 5.41) is 9.44. The summed E-state index contributed by atoms with van der Waals surface area (Å²) in [4.78, 5) is 11.5. The molecule has 2 rings (SSSR count). The SMILES string of the molecule is COc1ccccc1CCCCCC(Oc1ccc(C(C)C)cc1)C(=O)O. The molecule has 0 bridgehead atoms. The number of aryl methyl sites for hydroxylation is 1. The molecule has 0 saturated carbocycles. The van der Waals surface area contributed by atoms with Crippen molar-refractivity contribution in [2.45, 2.75) is 58.0 Å². The summed E-state index contributed by atoms with van der Waals surface area (Å²) < 4.78 is 11.1. The molecule has 27 heavy (non-hydrogen) atoms. The summed E-state index contributed by atoms with van der Waals surface area (Å²) in [5.74, 6) is 1.06. The van der Waals surface area contributed by atoms with Crippen molar-refractivity contribution >= 4 is 5.97 Å². The van der Waals surface area contributed by atoms with Gasteiger partial charge in [-0.25, -0.2) is 4.79 Å². The number of carbonyl (C=O) groups is 1. The Hall–Kier alpha value is -2.49. The first-order valence-corrected chi connectivity index (χ1v) is 9.62. The third-order valence-electron chi connectivity index (χ3n) is 4.71. The van der Waals surface area contributed by atoms with Crippen LogP contribution in [0.25, 0.3) is 0 Å². The van der Waals surface area contributed by atoms with Gasteiger partial charge in [-0.15, -0.1) is 0 Å². The number of carboxylic acids is 1. The summed E-state index contributed by atoms with van der Waals surface area (Å²) in [5.41, 5.74) is 2.40. The number of aliphatic carboxylic acids is 1. The maximum Gasteiger partial charge on any atom is 0.344 e. The lowest BCUT2D eigenvalue weighted by Crippen LogP contribution is -2.26. The number of carboxylic acid groups (broad SMARTS) is 1. The van der Waals surface area contributed by atoms with Crippen molar-refractivity contribution in [2.75, 3.05) is 7.11 Å². The fraction of sp³-hybridized carbons (Fsp3) is 0.435. The highest BCUT2D eigenvalue weighted by atomic mass is 16.5. The molecule has 1 N–H and O–H groups in total. The molecule has 0 fully saturated rings. The van der Waals surface area contributed by atoms with Crippen LogP contribution in [0.15, 0.2) is 48.5 Å². The van der Waals surface area contributed by atoms with Crippen LogP contribution in [0.1, 0.15) is 56.6 Å². The van der Waals surface area contributed by atoms with Crippen molar-refractivity contribution in [3.05, 3.63) is 59.7 Å². The van der Waals surface area contributed by atoms with Crippen molar-refractivity contribution in [3.8, 4) is 11.5 Å². The van der Waals surface area contributed by atoms with Crippen LogP contribution in [0.4, 0.5) is 0 Å². The highest BCUT2D eigenvalue weighted by Crippen LogP contribution is 2.22. The van der Waals surface area contributed by atoms with E-state index in [9.17, 15) is 9.90 Å². The third-order valence-corrected chi connectivity index (χ3v) is 4.71. The molecule has 146 valence electrons. The number of methoxy groups -OCH3 is 1. The number of unbranched alkanes of at least 4 members (excludes halogenated alkanes) is 2. The standard InChI is InChI=1S/C23H30O4/c1-17(2)18-13-15-20(16-14-18)27-22(23(24)25)12-6-4-5-9-19-10-7-8-11-21(19)26-3/h7-8,10-11,13-17,22H,4-6,9,12H2,1-3H3,(H,24,25). The van der Waals surface area contributed by atoms with E-state index >= 15 is 0 Å². The first-order valence-electron chi connectivity index (χ1n) is 9.62. The quantitative estimate of drug-likeness (QED) is 0.534. The second kappa shape index (κ2) is 10.6. The third kappa shape index (κ3) is 6.63. The fourth-order valence-electron chi connectivity index (χ4n) is 3.06. The van der Waals surface area contributed by atoms with Gasteiger partial charge in [-0.2, -0.15) is 0 Å². The summed E-state index contributed by atoms with van der Waals surface area (Å²) in [6.45, 7) is 4.25. The van der Waals surface area contributed by atoms with E-state index < -0.39 is 12.1 Å². The smallest absolute Gasteiger partial charge is 0.344 e. The number of hydrogen-bond donors (Lipinski definition) is 1. The van der Waals surface area contributed by atoms with Gasteiger partial charge in [0.1, 0.15) is 11.5 Å². The molecule has 2 aromatic carbocycles. The predicted octanol–water partition coefficient (Wildman–Crippen LogP) is 5.45. The van der Waals surface area contributed by atoms with Gasteiger partial charge in [0.2, 0.25) is 0 Å². The van der Waals surface area contributed by atoms with E-state index in [-0.39, 0.29) is 0 Å². The minimum atomic E-state index is -0.910. The molecule has 1 atom stereocenters. The normalized spacial score (nSPS) is 12.0. The van der Waals surface area contributed by atoms with Gasteiger partial charge >= 0.3 is 5.97 Å². The Balaban J connectivity index is 1.78. The summed E-state index contributed by atoms with van der Waals surface area (Å²) in [7, 11) is 1.68. The lowest BCUT2D eigenvalue weighted by Gasteiger charge is -2.16. The summed E-state index contributed by atoms with van der Waals surface area (Å²) in [6, 6.07) is 15.7. The van der Waals surface area contributed by atoms with Crippen molar-refractivity contribution in [2.24, 2.45) is 0 Å². The van der Waals surface area contributed by atoms with Crippen LogP contribution in [-0.2, 0) is 11.2 Å². The van der Waals surface area contributed by atoms with E-state index in [2.05, 4.69) is 19.9 Å². The van der Waals surface area contributed by atoms with Crippen LogP contribution in [0.2, 0.25) is 0 Å². The van der Waals surface area contributed by atoms with Gasteiger partial charge < -0.3 is 14.6 Å². The second-order valence-corrected chi connectivity index (χ2v) is 7.08. The number of para-hydroxylation sites is 1. The van der Waals surface area contributed by atoms with Crippen LogP contribution in [0.3, 0.4) is 0 Å². The zero-order valence-corrected chi connectivity index (χ0v) is 16.5. The van der Waals surface area contributed by atoms with E-state index in [1.807, 2.05) is 42.5 Å². The van der Waals surface area contributed by atoms with Crippen LogP contribution < -0.4 is 9.47 Å². The minimum absolute atomic E-state index is 0.442. The average Bonchev–Trinajstić information content (AvgIpc) is 2.67. The fourth-order valence-corrected chi connectivity index (χ4v) is 3.06. The molecule has 0 radical (unpaired) electrons. The van der Waals surface area contributed by atoms with Gasteiger partial charge in [-0.05, 0) is 60.9 Å². The largest absolute Gasteiger partial charge is 0.496 e. The Morgan fingerprint density at radius 3 is 2.33 bits per heavy atom. The number of ether oxygens (including phenoxy) is 2. The molecule has 0 saturated heterocycles. The molecular weight excluding hydrogens is 340 g/mol. The van der Waals surface area contributed by atoms with Crippen LogP contribution >= 0.6 is 0 Å². The Morgan fingerprint density at radius 2 is 1.70 bits per heavy atom. The predicted molar refractivity (Wildman–Crippen MR) is 108 cm³/mol. The van der Waals surface area contributed by atoms with Crippen molar-refractivity contribution < 1.29 is 19.4 Å². The monoisotopic (exact) mass is 370 g/mol. The topological polar surface area (TPSA) is 55.8 Å². The first kappa shape index (κ1) is 20.8. The molecule has 2 aromatic rings. The van der Waals surface area contributed by atoms with Crippen molar-refractivity contribution in [1.29, 1.82) is 0 Å². The van der Waals surface area contributed by atoms with Gasteiger partial charge in [0.05, 0.1) is 7.11 Å². The van der Waals surface area contributed by atoms with Crippen LogP contribution in [-0.4, -0.2) is 24.3 Å². The van der Waals surface area contributed by atoms with Gasteiger partial charge in [0.25, 0.3) is 0 Å². The van der Waals surface area contributed by atoms with Gasteiger partial charge in [0, 0.05) is 0 Å². The Bertz CT molecular complexity index is 707. The van der Waals surface area contributed by atoms with E-state index in [0.29, 0.717) is 18.1 Å². The Kier molecular flexibility index (Phi) is 8.18. The molecule has 0 aromatic heterocycles. The number of rotatable bonds is 11. The van der Waals surface area contributed by atoms with Crippen LogP contribution in [0, 0.1) is 0 Å². The molecule has 0 heterocycles. The van der Waals surface area contributed by atoms with Gasteiger partial charge in [-0.1, -0.05) is 50.6 Å². The number of hydrogen-bond acceptors (Lipinski definition) is 3. The van der Waals surface area contributed by atoms with Gasteiger partial charge in [-0.3, -0.25) is 0 Å². The molecule has 1 unspecified atom stereocenters. The molecule has 0 aliphatic rings. The van der Waals surface area contributed by atoms with Crippen molar-refractivity contribution in [1.82, 2.24) is 0 Å². The van der Waals surface area contributed by atoms with Crippen LogP contribution in [0.5, 0.6) is 11.5 Å². The molecule has 0 aliphatic carbocycles. The van der Waals surface area contributed by atoms with Crippen molar-refractivity contribution in [3.63, 3.8) is 0 Å². The van der Waals surface area contributed by atoms with E-state index in [4.69, 9.17) is 9.47 Å². The Labute approximate surface area is 162 Å². The number of benzene rings is 2. The van der Waals surface area contributed by atoms with E-state index in [1.54, 1.807) is 7.11 Å². The lowest BCUT2D eigenvalue weighted by atomic mass is 10.0. The first-order chi connectivity index (χ1) is 13.0. The summed E-state index contributed by atoms with van der Waals surface area (Å²) in [6.07, 6.45) is 3.40. The Morgan fingerprint density at radius 1 is 1.00 bits per heavy atom. The lowest BCUT2D eigenvalue weighted by molar-refractivity contribution is -0.145. The zero-order chi connectivity index (χ0) is 19.6. The van der Waals surface area contributed by atoms with Gasteiger partial charge in [0.15, 0.2) is 6.10 Å². The van der Waals surface area contributed by atoms with E-state index in [1.165, 1.54) is 11.1 Å². The second-order valence-electron chi connectivity index (χ2n) is 7.08. The average molecular weight is 370 g/mol. The molecule has 0 amide bonds. The highest BCUT2D eigenvalue weighted by molar-refractivity contribution is 5.72. The molecule has 0 spiro atoms.